The zero-order valence-corrected chi connectivity index (χ0v) is 16.0. The van der Waals surface area contributed by atoms with Gasteiger partial charge in [-0.2, -0.15) is 8.78 Å². The maximum absolute atomic E-state index is 13.8. The van der Waals surface area contributed by atoms with Gasteiger partial charge in [-0.25, -0.2) is 8.78 Å². The van der Waals surface area contributed by atoms with Gasteiger partial charge in [0.25, 0.3) is 0 Å². The van der Waals surface area contributed by atoms with Crippen LogP contribution in [0, 0.1) is 23.5 Å². The van der Waals surface area contributed by atoms with Gasteiger partial charge < -0.3 is 4.74 Å². The molecule has 0 heterocycles. The van der Waals surface area contributed by atoms with Crippen LogP contribution in [0.5, 0.6) is 5.75 Å². The van der Waals surface area contributed by atoms with E-state index in [1.165, 1.54) is 25.7 Å². The van der Waals surface area contributed by atoms with Crippen LogP contribution in [0.2, 0.25) is 0 Å². The molecule has 0 unspecified atom stereocenters. The van der Waals surface area contributed by atoms with E-state index < -0.39 is 24.0 Å². The molecule has 0 radical (unpaired) electrons. The van der Waals surface area contributed by atoms with Gasteiger partial charge in [0.1, 0.15) is 0 Å². The molecule has 0 aromatic heterocycles. The Kier molecular flexibility index (Phi) is 9.16. The summed E-state index contributed by atoms with van der Waals surface area (Å²) in [6.07, 6.45) is 15.5. The number of benzene rings is 1. The van der Waals surface area contributed by atoms with Crippen molar-refractivity contribution in [3.05, 3.63) is 41.5 Å². The summed E-state index contributed by atoms with van der Waals surface area (Å²) in [5, 5.41) is 0. The number of ether oxygens (including phenoxy) is 1. The number of alkyl halides is 2. The fraction of sp³-hybridized carbons (Fsp3) is 0.636. The number of rotatable bonds is 10. The number of unbranched alkanes of at least 4 members (excludes halogenated alkanes) is 1. The Hall–Kier alpha value is -1.52. The summed E-state index contributed by atoms with van der Waals surface area (Å²) in [5.74, 6) is -1.77. The number of hydrogen-bond acceptors (Lipinski definition) is 1. The number of aryl methyl sites for hydroxylation is 1. The van der Waals surface area contributed by atoms with Crippen LogP contribution in [-0.4, -0.2) is 6.61 Å². The number of allylic oxidation sites excluding steroid dienone is 2. The molecule has 1 fully saturated rings. The molecule has 1 aromatic carbocycles. The smallest absolute Gasteiger partial charge is 0.387 e. The Labute approximate surface area is 159 Å². The molecular formula is C22H30F4O. The van der Waals surface area contributed by atoms with Crippen molar-refractivity contribution in [3.8, 4) is 5.75 Å². The average Bonchev–Trinajstić information content (AvgIpc) is 2.63. The van der Waals surface area contributed by atoms with Crippen LogP contribution in [0.4, 0.5) is 17.6 Å². The first-order valence-corrected chi connectivity index (χ1v) is 10.1. The predicted octanol–water partition coefficient (Wildman–Crippen LogP) is 7.44. The van der Waals surface area contributed by atoms with Gasteiger partial charge in [-0.1, -0.05) is 51.2 Å². The van der Waals surface area contributed by atoms with Crippen LogP contribution >= 0.6 is 0 Å². The van der Waals surface area contributed by atoms with Gasteiger partial charge in [-0.05, 0) is 61.6 Å². The zero-order chi connectivity index (χ0) is 19.6. The Morgan fingerprint density at radius 3 is 2.07 bits per heavy atom. The molecule has 0 saturated heterocycles. The molecule has 1 nitrogen and oxygen atoms in total. The van der Waals surface area contributed by atoms with Crippen LogP contribution in [0.15, 0.2) is 24.3 Å². The molecule has 1 aliphatic rings. The van der Waals surface area contributed by atoms with E-state index in [9.17, 15) is 17.6 Å². The fourth-order valence-corrected chi connectivity index (χ4v) is 3.87. The minimum atomic E-state index is -3.24. The quantitative estimate of drug-likeness (QED) is 0.300. The fourth-order valence-electron chi connectivity index (χ4n) is 3.87. The van der Waals surface area contributed by atoms with Gasteiger partial charge >= 0.3 is 6.61 Å². The Balaban J connectivity index is 1.73. The summed E-state index contributed by atoms with van der Waals surface area (Å²) < 4.78 is 55.8. The largest absolute Gasteiger partial charge is 0.429 e. The van der Waals surface area contributed by atoms with E-state index in [0.29, 0.717) is 17.9 Å². The van der Waals surface area contributed by atoms with E-state index in [0.717, 1.165) is 50.2 Å². The zero-order valence-electron chi connectivity index (χ0n) is 16.0. The van der Waals surface area contributed by atoms with Crippen molar-refractivity contribution in [2.24, 2.45) is 11.8 Å². The molecule has 0 N–H and O–H groups in total. The first-order chi connectivity index (χ1) is 13.0. The molecule has 0 aliphatic heterocycles. The van der Waals surface area contributed by atoms with E-state index in [-0.39, 0.29) is 0 Å². The molecule has 0 amide bonds. The van der Waals surface area contributed by atoms with Gasteiger partial charge in [0.15, 0.2) is 17.4 Å². The van der Waals surface area contributed by atoms with Crippen molar-refractivity contribution in [2.45, 2.75) is 77.7 Å². The monoisotopic (exact) mass is 386 g/mol. The van der Waals surface area contributed by atoms with Crippen molar-refractivity contribution < 1.29 is 22.3 Å². The van der Waals surface area contributed by atoms with Crippen LogP contribution in [0.25, 0.3) is 0 Å². The van der Waals surface area contributed by atoms with E-state index in [1.54, 1.807) is 0 Å². The minimum absolute atomic E-state index is 0.495. The molecule has 2 rings (SSSR count). The lowest BCUT2D eigenvalue weighted by molar-refractivity contribution is -0.0546. The van der Waals surface area contributed by atoms with Crippen LogP contribution in [-0.2, 0) is 6.42 Å². The van der Waals surface area contributed by atoms with Crippen LogP contribution in [0.3, 0.4) is 0 Å². The van der Waals surface area contributed by atoms with Crippen molar-refractivity contribution >= 4 is 0 Å². The average molecular weight is 386 g/mol. The first kappa shape index (κ1) is 21.8. The SMILES string of the molecule is CCC/C=C/CCC1CCC(CCc2cc(F)c(OC(F)F)c(F)c2)CC1. The normalized spacial score (nSPS) is 20.5. The Bertz CT molecular complexity index is 569. The van der Waals surface area contributed by atoms with Crippen molar-refractivity contribution in [2.75, 3.05) is 0 Å². The summed E-state index contributed by atoms with van der Waals surface area (Å²) >= 11 is 0. The Morgan fingerprint density at radius 2 is 1.52 bits per heavy atom. The second-order valence-electron chi connectivity index (χ2n) is 7.53. The summed E-state index contributed by atoms with van der Waals surface area (Å²) in [6, 6.07) is 2.21. The number of halogens is 4. The molecule has 1 aliphatic carbocycles. The van der Waals surface area contributed by atoms with Crippen LogP contribution in [0.1, 0.15) is 70.3 Å². The van der Waals surface area contributed by atoms with Gasteiger partial charge in [-0.15, -0.1) is 0 Å². The third-order valence-electron chi connectivity index (χ3n) is 5.44. The van der Waals surface area contributed by atoms with Crippen molar-refractivity contribution in [1.29, 1.82) is 0 Å². The lowest BCUT2D eigenvalue weighted by atomic mass is 9.78. The maximum atomic E-state index is 13.8. The third kappa shape index (κ3) is 7.55. The van der Waals surface area contributed by atoms with Gasteiger partial charge in [0, 0.05) is 0 Å². The van der Waals surface area contributed by atoms with Crippen molar-refractivity contribution in [3.63, 3.8) is 0 Å². The summed E-state index contributed by atoms with van der Waals surface area (Å²) in [5.41, 5.74) is 0.495. The van der Waals surface area contributed by atoms with Gasteiger partial charge in [-0.3, -0.25) is 0 Å². The van der Waals surface area contributed by atoms with E-state index in [1.807, 2.05) is 0 Å². The third-order valence-corrected chi connectivity index (χ3v) is 5.44. The van der Waals surface area contributed by atoms with Gasteiger partial charge in [0.05, 0.1) is 0 Å². The molecular weight excluding hydrogens is 356 g/mol. The highest BCUT2D eigenvalue weighted by atomic mass is 19.3. The summed E-state index contributed by atoms with van der Waals surface area (Å²) in [4.78, 5) is 0. The number of hydrogen-bond donors (Lipinski definition) is 0. The molecule has 0 atom stereocenters. The molecule has 1 saturated carbocycles. The Morgan fingerprint density at radius 1 is 0.963 bits per heavy atom. The van der Waals surface area contributed by atoms with E-state index in [2.05, 4.69) is 23.8 Å². The molecule has 27 heavy (non-hydrogen) atoms. The second kappa shape index (κ2) is 11.4. The highest BCUT2D eigenvalue weighted by Gasteiger charge is 2.21. The second-order valence-corrected chi connectivity index (χ2v) is 7.53. The lowest BCUT2D eigenvalue weighted by Gasteiger charge is -2.28. The molecule has 5 heteroatoms. The molecule has 152 valence electrons. The summed E-state index contributed by atoms with van der Waals surface area (Å²) in [6.45, 7) is -1.06. The molecule has 0 bridgehead atoms. The van der Waals surface area contributed by atoms with Crippen LogP contribution < -0.4 is 4.74 Å². The molecule has 0 spiro atoms. The highest BCUT2D eigenvalue weighted by molar-refractivity contribution is 5.31. The molecule has 1 aromatic rings. The lowest BCUT2D eigenvalue weighted by Crippen LogP contribution is -2.15. The predicted molar refractivity (Wildman–Crippen MR) is 100 cm³/mol. The highest BCUT2D eigenvalue weighted by Crippen LogP contribution is 2.34. The van der Waals surface area contributed by atoms with E-state index in [4.69, 9.17) is 0 Å². The topological polar surface area (TPSA) is 9.23 Å². The minimum Gasteiger partial charge on any atom is -0.429 e. The standard InChI is InChI=1S/C22H30F4O/c1-2-3-4-5-6-7-16-8-10-17(11-9-16)12-13-18-14-19(23)21(20(24)15-18)27-22(25)26/h4-5,14-17,22H,2-3,6-13H2,1H3/b5-4+. The van der Waals surface area contributed by atoms with Crippen molar-refractivity contribution in [1.82, 2.24) is 0 Å². The van der Waals surface area contributed by atoms with Gasteiger partial charge in [0.2, 0.25) is 0 Å². The first-order valence-electron chi connectivity index (χ1n) is 10.1. The maximum Gasteiger partial charge on any atom is 0.387 e. The van der Waals surface area contributed by atoms with E-state index >= 15 is 0 Å². The summed E-state index contributed by atoms with van der Waals surface area (Å²) in [7, 11) is 0.